The first-order chi connectivity index (χ1) is 13.3. The summed E-state index contributed by atoms with van der Waals surface area (Å²) in [5.41, 5.74) is -0.479. The van der Waals surface area contributed by atoms with Crippen LogP contribution in [0.4, 0.5) is 18.9 Å². The van der Waals surface area contributed by atoms with Crippen LogP contribution >= 0.6 is 0 Å². The van der Waals surface area contributed by atoms with Gasteiger partial charge in [0.25, 0.3) is 0 Å². The van der Waals surface area contributed by atoms with Crippen molar-refractivity contribution in [2.45, 2.75) is 51.2 Å². The van der Waals surface area contributed by atoms with E-state index in [1.165, 1.54) is 12.1 Å². The van der Waals surface area contributed by atoms with Crippen LogP contribution < -0.4 is 5.32 Å². The summed E-state index contributed by atoms with van der Waals surface area (Å²) in [5.74, 6) is 0.151. The van der Waals surface area contributed by atoms with Gasteiger partial charge >= 0.3 is 6.18 Å². The van der Waals surface area contributed by atoms with Gasteiger partial charge in [0.1, 0.15) is 0 Å². The van der Waals surface area contributed by atoms with Gasteiger partial charge in [-0.2, -0.15) is 13.2 Å². The Kier molecular flexibility index (Phi) is 7.80. The molecule has 2 aromatic rings. The number of hydrogen-bond acceptors (Lipinski definition) is 6. The van der Waals surface area contributed by atoms with Crippen molar-refractivity contribution in [3.8, 4) is 0 Å². The maximum absolute atomic E-state index is 12.8. The summed E-state index contributed by atoms with van der Waals surface area (Å²) in [6.07, 6.45) is -0.592. The minimum Gasteiger partial charge on any atom is -0.423 e. The van der Waals surface area contributed by atoms with Crippen LogP contribution in [-0.4, -0.2) is 33.4 Å². The predicted octanol–water partition coefficient (Wildman–Crippen LogP) is 4.21. The third-order valence-corrected chi connectivity index (χ3v) is 4.15. The number of aromatic nitrogens is 2. The number of nitrogens with one attached hydrogen (secondary N) is 1. The number of hydrogen-bond donors (Lipinski definition) is 2. The van der Waals surface area contributed by atoms with Gasteiger partial charge in [-0.15, -0.1) is 10.2 Å². The lowest BCUT2D eigenvalue weighted by molar-refractivity contribution is -0.151. The van der Waals surface area contributed by atoms with Gasteiger partial charge in [-0.25, -0.2) is 5.06 Å². The second-order valence-corrected chi connectivity index (χ2v) is 6.39. The molecule has 1 amide bonds. The van der Waals surface area contributed by atoms with Crippen LogP contribution in [0.3, 0.4) is 0 Å². The maximum Gasteiger partial charge on any atom is 0.416 e. The van der Waals surface area contributed by atoms with Gasteiger partial charge < -0.3 is 9.73 Å². The maximum atomic E-state index is 12.8. The topological polar surface area (TPSA) is 91.5 Å². The van der Waals surface area contributed by atoms with Gasteiger partial charge in [-0.3, -0.25) is 10.0 Å². The fraction of sp³-hybridized carbons (Fsp3) is 0.500. The number of carbonyl (C=O) groups is 1. The molecule has 0 aliphatic carbocycles. The molecule has 28 heavy (non-hydrogen) atoms. The molecule has 1 heterocycles. The zero-order chi connectivity index (χ0) is 20.6. The summed E-state index contributed by atoms with van der Waals surface area (Å²) in [6.45, 7) is 2.13. The Balaban J connectivity index is 2.01. The lowest BCUT2D eigenvalue weighted by Gasteiger charge is -2.16. The highest BCUT2D eigenvalue weighted by atomic mass is 19.4. The van der Waals surface area contributed by atoms with Gasteiger partial charge in [0, 0.05) is 5.69 Å². The normalized spacial score (nSPS) is 12.6. The van der Waals surface area contributed by atoms with Gasteiger partial charge in [0.15, 0.2) is 0 Å². The van der Waals surface area contributed by atoms with Crippen molar-refractivity contribution in [2.75, 3.05) is 11.9 Å². The van der Waals surface area contributed by atoms with E-state index >= 15 is 0 Å². The van der Waals surface area contributed by atoms with E-state index in [1.807, 2.05) is 0 Å². The van der Waals surface area contributed by atoms with Gasteiger partial charge in [0.2, 0.25) is 18.2 Å². The second kappa shape index (κ2) is 10.1. The summed E-state index contributed by atoms with van der Waals surface area (Å²) in [4.78, 5) is 10.7. The highest BCUT2D eigenvalue weighted by Crippen LogP contribution is 2.30. The minimum atomic E-state index is -4.42. The molecule has 2 N–H and O–H groups in total. The van der Waals surface area contributed by atoms with E-state index < -0.39 is 11.7 Å². The lowest BCUT2D eigenvalue weighted by Crippen LogP contribution is -2.24. The quantitative estimate of drug-likeness (QED) is 0.254. The number of carbonyl (C=O) groups excluding carboxylic acids is 1. The molecule has 0 aliphatic heterocycles. The highest BCUT2D eigenvalue weighted by Gasteiger charge is 2.30. The molecule has 154 valence electrons. The molecule has 0 fully saturated rings. The van der Waals surface area contributed by atoms with Gasteiger partial charge in [0.05, 0.1) is 24.6 Å². The van der Waals surface area contributed by atoms with Crippen LogP contribution in [0.15, 0.2) is 28.7 Å². The fourth-order valence-corrected chi connectivity index (χ4v) is 2.69. The molecule has 0 saturated heterocycles. The standard InChI is InChI=1S/C18H23F3N4O3/c1-2-3-4-6-13(11-25(27)12-26)17-24-23-16(28-17)10-22-15-8-5-7-14(9-15)18(19,20)21/h5,7-9,12-13,22,27H,2-4,6,10-11H2,1H3/t13-/m1/s1. The zero-order valence-corrected chi connectivity index (χ0v) is 15.4. The minimum absolute atomic E-state index is 0.0237. The van der Waals surface area contributed by atoms with E-state index in [-0.39, 0.29) is 36.5 Å². The molecule has 10 heteroatoms. The Bertz CT molecular complexity index is 752. The van der Waals surface area contributed by atoms with Gasteiger partial charge in [-0.05, 0) is 24.6 Å². The molecular formula is C18H23F3N4O3. The van der Waals surface area contributed by atoms with Gasteiger partial charge in [-0.1, -0.05) is 32.3 Å². The van der Waals surface area contributed by atoms with Crippen LogP contribution in [0.25, 0.3) is 0 Å². The molecule has 1 atom stereocenters. The van der Waals surface area contributed by atoms with E-state index in [0.717, 1.165) is 31.4 Å². The molecule has 0 unspecified atom stereocenters. The molecule has 0 aliphatic rings. The molecule has 0 saturated carbocycles. The monoisotopic (exact) mass is 400 g/mol. The molecular weight excluding hydrogens is 377 g/mol. The smallest absolute Gasteiger partial charge is 0.416 e. The Morgan fingerprint density at radius 2 is 2.11 bits per heavy atom. The second-order valence-electron chi connectivity index (χ2n) is 6.39. The Hall–Kier alpha value is -2.62. The number of benzene rings is 1. The number of rotatable bonds is 11. The average Bonchev–Trinajstić information content (AvgIpc) is 3.14. The molecule has 0 bridgehead atoms. The summed E-state index contributed by atoms with van der Waals surface area (Å²) < 4.78 is 43.9. The molecule has 0 radical (unpaired) electrons. The first-order valence-corrected chi connectivity index (χ1v) is 8.97. The van der Waals surface area contributed by atoms with Crippen molar-refractivity contribution < 1.29 is 27.6 Å². The van der Waals surface area contributed by atoms with Crippen LogP contribution in [-0.2, 0) is 17.5 Å². The summed E-state index contributed by atoms with van der Waals surface area (Å²) >= 11 is 0. The van der Waals surface area contributed by atoms with E-state index in [9.17, 15) is 23.2 Å². The van der Waals surface area contributed by atoms with E-state index in [4.69, 9.17) is 4.42 Å². The van der Waals surface area contributed by atoms with E-state index in [2.05, 4.69) is 22.4 Å². The van der Waals surface area contributed by atoms with Crippen LogP contribution in [0.1, 0.15) is 55.9 Å². The number of alkyl halides is 3. The number of hydroxylamine groups is 2. The highest BCUT2D eigenvalue weighted by molar-refractivity contribution is 5.46. The van der Waals surface area contributed by atoms with Crippen molar-refractivity contribution in [3.63, 3.8) is 0 Å². The van der Waals surface area contributed by atoms with Crippen LogP contribution in [0, 0.1) is 0 Å². The van der Waals surface area contributed by atoms with Crippen molar-refractivity contribution in [2.24, 2.45) is 0 Å². The Morgan fingerprint density at radius 1 is 1.32 bits per heavy atom. The molecule has 7 nitrogen and oxygen atoms in total. The zero-order valence-electron chi connectivity index (χ0n) is 15.4. The first-order valence-electron chi connectivity index (χ1n) is 8.97. The third kappa shape index (κ3) is 6.52. The van der Waals surface area contributed by atoms with E-state index in [0.29, 0.717) is 17.9 Å². The van der Waals surface area contributed by atoms with Crippen LogP contribution in [0.2, 0.25) is 0 Å². The van der Waals surface area contributed by atoms with E-state index in [1.54, 1.807) is 0 Å². The summed E-state index contributed by atoms with van der Waals surface area (Å²) in [7, 11) is 0. The Morgan fingerprint density at radius 3 is 2.79 bits per heavy atom. The number of anilines is 1. The Labute approximate surface area is 160 Å². The van der Waals surface area contributed by atoms with Crippen molar-refractivity contribution >= 4 is 12.1 Å². The predicted molar refractivity (Wildman–Crippen MR) is 94.5 cm³/mol. The lowest BCUT2D eigenvalue weighted by atomic mass is 10.0. The number of nitrogens with zero attached hydrogens (tertiary/aromatic N) is 3. The summed E-state index contributed by atoms with van der Waals surface area (Å²) in [6, 6.07) is 4.81. The average molecular weight is 400 g/mol. The summed E-state index contributed by atoms with van der Waals surface area (Å²) in [5, 5.41) is 20.7. The fourth-order valence-electron chi connectivity index (χ4n) is 2.69. The van der Waals surface area contributed by atoms with Crippen molar-refractivity contribution in [1.82, 2.24) is 15.3 Å². The largest absolute Gasteiger partial charge is 0.423 e. The molecule has 1 aromatic heterocycles. The number of amides is 1. The number of halogens is 3. The number of unbranched alkanes of at least 4 members (excludes halogenated alkanes) is 2. The molecule has 2 rings (SSSR count). The first kappa shape index (κ1) is 21.7. The third-order valence-electron chi connectivity index (χ3n) is 4.15. The molecule has 1 aromatic carbocycles. The van der Waals surface area contributed by atoms with Crippen molar-refractivity contribution in [3.05, 3.63) is 41.6 Å². The SMILES string of the molecule is CCCCC[C@H](CN(O)C=O)c1nnc(CNc2cccc(C(F)(F)F)c2)o1. The van der Waals surface area contributed by atoms with Crippen LogP contribution in [0.5, 0.6) is 0 Å². The molecule has 0 spiro atoms. The van der Waals surface area contributed by atoms with Crippen molar-refractivity contribution in [1.29, 1.82) is 0 Å².